The Morgan fingerprint density at radius 2 is 1.86 bits per heavy atom. The predicted molar refractivity (Wildman–Crippen MR) is 133 cm³/mol. The minimum Gasteiger partial charge on any atom is -0.497 e. The summed E-state index contributed by atoms with van der Waals surface area (Å²) in [6, 6.07) is 19.2. The molecule has 0 fully saturated rings. The van der Waals surface area contributed by atoms with Crippen molar-refractivity contribution in [2.24, 2.45) is 0 Å². The summed E-state index contributed by atoms with van der Waals surface area (Å²) >= 11 is 0. The van der Waals surface area contributed by atoms with E-state index in [1.807, 2.05) is 6.07 Å². The van der Waals surface area contributed by atoms with E-state index >= 15 is 0 Å². The van der Waals surface area contributed by atoms with E-state index < -0.39 is 27.9 Å². The molecule has 0 aliphatic rings. The molecule has 0 saturated carbocycles. The maximum atomic E-state index is 14.6. The second-order valence-corrected chi connectivity index (χ2v) is 9.49. The van der Waals surface area contributed by atoms with Crippen LogP contribution in [0.4, 0.5) is 10.1 Å². The first-order chi connectivity index (χ1) is 17.3. The molecule has 3 aromatic carbocycles. The van der Waals surface area contributed by atoms with E-state index in [0.29, 0.717) is 16.9 Å². The number of hydrogen-bond acceptors (Lipinski definition) is 6. The van der Waals surface area contributed by atoms with Crippen molar-refractivity contribution >= 4 is 21.6 Å². The fraction of sp³-hybridized carbons (Fsp3) is 0.231. The van der Waals surface area contributed by atoms with Gasteiger partial charge in [0.1, 0.15) is 11.6 Å². The Balaban J connectivity index is 1.80. The molecular formula is C26H26FN3O5S. The standard InChI is InChI=1S/C26H26FN3O5S/c1-3-35-25(22-12-11-21(34-2)14-23(22)27)26(31)29-16-20-10-9-19(15-28)13-24(20)30-36(32,33)17-18-7-5-4-6-8-18/h4-14,25,30H,3,16-17H2,1-2H3,(H,29,31). The third-order valence-corrected chi connectivity index (χ3v) is 6.46. The molecule has 0 aliphatic carbocycles. The Kier molecular flexibility index (Phi) is 9.00. The molecule has 0 radical (unpaired) electrons. The average molecular weight is 512 g/mol. The van der Waals surface area contributed by atoms with E-state index in [1.165, 1.54) is 31.4 Å². The predicted octanol–water partition coefficient (Wildman–Crippen LogP) is 4.04. The highest BCUT2D eigenvalue weighted by Gasteiger charge is 2.25. The van der Waals surface area contributed by atoms with Crippen LogP contribution in [0.25, 0.3) is 0 Å². The van der Waals surface area contributed by atoms with Crippen molar-refractivity contribution in [3.05, 3.63) is 94.8 Å². The first kappa shape index (κ1) is 26.7. The number of halogens is 1. The number of benzene rings is 3. The number of anilines is 1. The van der Waals surface area contributed by atoms with E-state index in [1.54, 1.807) is 43.3 Å². The van der Waals surface area contributed by atoms with Crippen molar-refractivity contribution < 1.29 is 27.1 Å². The van der Waals surface area contributed by atoms with Gasteiger partial charge < -0.3 is 14.8 Å². The van der Waals surface area contributed by atoms with Crippen molar-refractivity contribution in [2.45, 2.75) is 25.3 Å². The fourth-order valence-corrected chi connectivity index (χ4v) is 4.72. The Labute approximate surface area is 209 Å². The molecule has 0 aromatic heterocycles. The SMILES string of the molecule is CCOC(C(=O)NCc1ccc(C#N)cc1NS(=O)(=O)Cc1ccccc1)c1ccc(OC)cc1F. The number of rotatable bonds is 11. The van der Waals surface area contributed by atoms with Crippen molar-refractivity contribution in [1.29, 1.82) is 5.26 Å². The minimum absolute atomic E-state index is 0.0405. The summed E-state index contributed by atoms with van der Waals surface area (Å²) in [6.07, 6.45) is -1.22. The number of amides is 1. The Bertz CT molecular complexity index is 1360. The number of carbonyl (C=O) groups is 1. The molecule has 1 amide bonds. The topological polar surface area (TPSA) is 118 Å². The van der Waals surface area contributed by atoms with Gasteiger partial charge in [0.25, 0.3) is 5.91 Å². The fourth-order valence-electron chi connectivity index (χ4n) is 3.49. The second kappa shape index (κ2) is 12.2. The summed E-state index contributed by atoms with van der Waals surface area (Å²) in [5.74, 6) is -1.23. The molecule has 0 saturated heterocycles. The summed E-state index contributed by atoms with van der Waals surface area (Å²) in [5, 5.41) is 11.9. The van der Waals surface area contributed by atoms with Crippen LogP contribution in [0, 0.1) is 17.1 Å². The monoisotopic (exact) mass is 511 g/mol. The van der Waals surface area contributed by atoms with E-state index in [2.05, 4.69) is 10.0 Å². The normalized spacial score (nSPS) is 11.8. The summed E-state index contributed by atoms with van der Waals surface area (Å²) < 4.78 is 53.2. The van der Waals surface area contributed by atoms with Crippen LogP contribution in [0.5, 0.6) is 5.75 Å². The van der Waals surface area contributed by atoms with Crippen molar-refractivity contribution in [2.75, 3.05) is 18.4 Å². The highest BCUT2D eigenvalue weighted by molar-refractivity contribution is 7.91. The van der Waals surface area contributed by atoms with Gasteiger partial charge in [0.15, 0.2) is 6.10 Å². The van der Waals surface area contributed by atoms with Gasteiger partial charge in [-0.15, -0.1) is 0 Å². The molecule has 3 aromatic rings. The van der Waals surface area contributed by atoms with Crippen LogP contribution in [-0.2, 0) is 31.9 Å². The van der Waals surface area contributed by atoms with Crippen LogP contribution < -0.4 is 14.8 Å². The second-order valence-electron chi connectivity index (χ2n) is 7.77. The highest BCUT2D eigenvalue weighted by atomic mass is 32.2. The number of carbonyl (C=O) groups excluding carboxylic acids is 1. The molecule has 188 valence electrons. The van der Waals surface area contributed by atoms with Gasteiger partial charge in [-0.3, -0.25) is 9.52 Å². The highest BCUT2D eigenvalue weighted by Crippen LogP contribution is 2.26. The number of nitrogens with zero attached hydrogens (tertiary/aromatic N) is 1. The van der Waals surface area contributed by atoms with Crippen LogP contribution in [0.2, 0.25) is 0 Å². The van der Waals surface area contributed by atoms with Gasteiger partial charge in [0.05, 0.1) is 30.2 Å². The van der Waals surface area contributed by atoms with E-state index in [9.17, 15) is 22.9 Å². The van der Waals surface area contributed by atoms with Gasteiger partial charge in [0.2, 0.25) is 10.0 Å². The molecule has 0 bridgehead atoms. The number of ether oxygens (including phenoxy) is 2. The Morgan fingerprint density at radius 1 is 1.11 bits per heavy atom. The molecule has 0 aliphatic heterocycles. The molecule has 1 atom stereocenters. The first-order valence-electron chi connectivity index (χ1n) is 11.1. The molecule has 3 rings (SSSR count). The molecule has 2 N–H and O–H groups in total. The minimum atomic E-state index is -3.81. The lowest BCUT2D eigenvalue weighted by Crippen LogP contribution is -2.31. The third-order valence-electron chi connectivity index (χ3n) is 5.22. The number of hydrogen-bond donors (Lipinski definition) is 2. The zero-order valence-electron chi connectivity index (χ0n) is 19.8. The number of methoxy groups -OCH3 is 1. The molecule has 0 heterocycles. The van der Waals surface area contributed by atoms with Crippen LogP contribution in [0.15, 0.2) is 66.7 Å². The molecule has 0 spiro atoms. The summed E-state index contributed by atoms with van der Waals surface area (Å²) in [4.78, 5) is 12.9. The zero-order valence-corrected chi connectivity index (χ0v) is 20.6. The van der Waals surface area contributed by atoms with Crippen LogP contribution in [0.3, 0.4) is 0 Å². The smallest absolute Gasteiger partial charge is 0.254 e. The van der Waals surface area contributed by atoms with Crippen LogP contribution >= 0.6 is 0 Å². The zero-order chi connectivity index (χ0) is 26.1. The van der Waals surface area contributed by atoms with Gasteiger partial charge in [-0.05, 0) is 42.3 Å². The maximum Gasteiger partial charge on any atom is 0.254 e. The molecule has 36 heavy (non-hydrogen) atoms. The van der Waals surface area contributed by atoms with Crippen molar-refractivity contribution in [3.63, 3.8) is 0 Å². The average Bonchev–Trinajstić information content (AvgIpc) is 2.86. The van der Waals surface area contributed by atoms with E-state index in [-0.39, 0.29) is 35.7 Å². The van der Waals surface area contributed by atoms with Gasteiger partial charge in [-0.25, -0.2) is 12.8 Å². The van der Waals surface area contributed by atoms with E-state index in [0.717, 1.165) is 6.07 Å². The lowest BCUT2D eigenvalue weighted by atomic mass is 10.1. The van der Waals surface area contributed by atoms with Crippen LogP contribution in [0.1, 0.15) is 35.3 Å². The first-order valence-corrected chi connectivity index (χ1v) is 12.7. The maximum absolute atomic E-state index is 14.6. The van der Waals surface area contributed by atoms with Gasteiger partial charge in [-0.1, -0.05) is 36.4 Å². The number of nitriles is 1. The lowest BCUT2D eigenvalue weighted by molar-refractivity contribution is -0.133. The molecular weight excluding hydrogens is 485 g/mol. The molecule has 1 unspecified atom stereocenters. The Hall–Kier alpha value is -3.94. The molecule has 10 heteroatoms. The molecule has 8 nitrogen and oxygen atoms in total. The van der Waals surface area contributed by atoms with Gasteiger partial charge in [-0.2, -0.15) is 5.26 Å². The largest absolute Gasteiger partial charge is 0.497 e. The van der Waals surface area contributed by atoms with Crippen molar-refractivity contribution in [3.8, 4) is 11.8 Å². The lowest BCUT2D eigenvalue weighted by Gasteiger charge is -2.19. The van der Waals surface area contributed by atoms with Crippen molar-refractivity contribution in [1.82, 2.24) is 5.32 Å². The summed E-state index contributed by atoms with van der Waals surface area (Å²) in [6.45, 7) is 1.75. The summed E-state index contributed by atoms with van der Waals surface area (Å²) in [7, 11) is -2.40. The quantitative estimate of drug-likeness (QED) is 0.401. The summed E-state index contributed by atoms with van der Waals surface area (Å²) in [5.41, 5.74) is 1.46. The van der Waals surface area contributed by atoms with Gasteiger partial charge >= 0.3 is 0 Å². The Morgan fingerprint density at radius 3 is 2.50 bits per heavy atom. The van der Waals surface area contributed by atoms with Gasteiger partial charge in [0, 0.05) is 24.8 Å². The third kappa shape index (κ3) is 7.04. The van der Waals surface area contributed by atoms with E-state index in [4.69, 9.17) is 9.47 Å². The van der Waals surface area contributed by atoms with Crippen LogP contribution in [-0.4, -0.2) is 28.0 Å². The number of sulfonamides is 1. The number of nitrogens with one attached hydrogen (secondary N) is 2.